The van der Waals surface area contributed by atoms with Gasteiger partial charge < -0.3 is 5.32 Å². The molecule has 1 aromatic heterocycles. The smallest absolute Gasteiger partial charge is 0.128 e. The van der Waals surface area contributed by atoms with E-state index in [1.807, 2.05) is 0 Å². The lowest BCUT2D eigenvalue weighted by Crippen LogP contribution is -2.05. The molecule has 0 amide bonds. The number of hydrogen-bond donors (Lipinski definition) is 1. The van der Waals surface area contributed by atoms with Crippen LogP contribution in [-0.4, -0.2) is 9.97 Å². The van der Waals surface area contributed by atoms with Crippen molar-refractivity contribution >= 4 is 0 Å². The first-order chi connectivity index (χ1) is 7.38. The fourth-order valence-corrected chi connectivity index (χ4v) is 2.28. The molecule has 1 fully saturated rings. The van der Waals surface area contributed by atoms with Crippen molar-refractivity contribution in [1.29, 1.82) is 0 Å². The van der Waals surface area contributed by atoms with Crippen LogP contribution in [0.4, 0.5) is 0 Å². The van der Waals surface area contributed by atoms with Gasteiger partial charge in [-0.05, 0) is 19.3 Å². The second-order valence-electron chi connectivity index (χ2n) is 4.58. The molecule has 1 saturated carbocycles. The van der Waals surface area contributed by atoms with Gasteiger partial charge in [-0.2, -0.15) is 0 Å². The zero-order valence-electron chi connectivity index (χ0n) is 9.21. The first-order valence-electron chi connectivity index (χ1n) is 5.97. The Bertz CT molecular complexity index is 383. The van der Waals surface area contributed by atoms with E-state index in [2.05, 4.69) is 17.2 Å². The highest BCUT2D eigenvalue weighted by Crippen LogP contribution is 2.41. The van der Waals surface area contributed by atoms with Crippen molar-refractivity contribution in [3.8, 4) is 0 Å². The van der Waals surface area contributed by atoms with Gasteiger partial charge in [-0.1, -0.05) is 6.92 Å². The summed E-state index contributed by atoms with van der Waals surface area (Å²) in [6.45, 7) is 4.10. The molecule has 0 saturated heterocycles. The Morgan fingerprint density at radius 1 is 1.27 bits per heavy atom. The normalized spacial score (nSPS) is 19.3. The number of aryl methyl sites for hydroxylation is 1. The Morgan fingerprint density at radius 2 is 2.13 bits per heavy atom. The lowest BCUT2D eigenvalue weighted by atomic mass is 10.1. The molecule has 3 nitrogen and oxygen atoms in total. The summed E-state index contributed by atoms with van der Waals surface area (Å²) in [6, 6.07) is 0. The number of hydrogen-bond acceptors (Lipinski definition) is 3. The van der Waals surface area contributed by atoms with Crippen LogP contribution in [0.5, 0.6) is 0 Å². The maximum atomic E-state index is 4.74. The van der Waals surface area contributed by atoms with E-state index in [1.165, 1.54) is 29.8 Å². The fraction of sp³-hybridized carbons (Fsp3) is 0.667. The minimum atomic E-state index is 0.747. The molecule has 1 aliphatic carbocycles. The van der Waals surface area contributed by atoms with Crippen molar-refractivity contribution < 1.29 is 0 Å². The molecule has 2 aliphatic rings. The number of aromatic nitrogens is 2. The topological polar surface area (TPSA) is 37.8 Å². The van der Waals surface area contributed by atoms with E-state index in [0.29, 0.717) is 0 Å². The summed E-state index contributed by atoms with van der Waals surface area (Å²) in [5, 5.41) is 3.38. The zero-order chi connectivity index (χ0) is 10.3. The average Bonchev–Trinajstić information content (AvgIpc) is 2.97. The second-order valence-corrected chi connectivity index (χ2v) is 4.58. The lowest BCUT2D eigenvalue weighted by Gasteiger charge is -2.07. The third-order valence-electron chi connectivity index (χ3n) is 3.20. The van der Waals surface area contributed by atoms with E-state index in [0.717, 1.165) is 37.7 Å². The van der Waals surface area contributed by atoms with Crippen LogP contribution in [0.3, 0.4) is 0 Å². The monoisotopic (exact) mass is 203 g/mol. The maximum Gasteiger partial charge on any atom is 0.128 e. The fourth-order valence-electron chi connectivity index (χ4n) is 2.28. The summed E-state index contributed by atoms with van der Waals surface area (Å²) in [4.78, 5) is 9.39. The van der Waals surface area contributed by atoms with Crippen molar-refractivity contribution in [3.05, 3.63) is 22.8 Å². The average molecular weight is 203 g/mol. The molecule has 3 rings (SSSR count). The molecule has 1 N–H and O–H groups in total. The van der Waals surface area contributed by atoms with Crippen LogP contribution in [0.25, 0.3) is 0 Å². The van der Waals surface area contributed by atoms with Gasteiger partial charge in [0.1, 0.15) is 5.82 Å². The van der Waals surface area contributed by atoms with Gasteiger partial charge >= 0.3 is 0 Å². The van der Waals surface area contributed by atoms with Crippen molar-refractivity contribution in [2.45, 2.75) is 51.6 Å². The Morgan fingerprint density at radius 3 is 2.87 bits per heavy atom. The van der Waals surface area contributed by atoms with Gasteiger partial charge in [0, 0.05) is 31.0 Å². The highest BCUT2D eigenvalue weighted by Gasteiger charge is 2.31. The van der Waals surface area contributed by atoms with Crippen molar-refractivity contribution in [2.24, 2.45) is 0 Å². The largest absolute Gasteiger partial charge is 0.307 e. The molecule has 1 aliphatic heterocycles. The highest BCUT2D eigenvalue weighted by atomic mass is 15.0. The Labute approximate surface area is 90.3 Å². The first kappa shape index (κ1) is 9.28. The lowest BCUT2D eigenvalue weighted by molar-refractivity contribution is 0.753. The van der Waals surface area contributed by atoms with Gasteiger partial charge in [0.2, 0.25) is 0 Å². The summed E-state index contributed by atoms with van der Waals surface area (Å²) in [6.07, 6.45) is 4.81. The van der Waals surface area contributed by atoms with Crippen LogP contribution < -0.4 is 5.32 Å². The Kier molecular flexibility index (Phi) is 2.20. The van der Waals surface area contributed by atoms with E-state index in [-0.39, 0.29) is 0 Å². The van der Waals surface area contributed by atoms with Crippen LogP contribution in [0.15, 0.2) is 0 Å². The van der Waals surface area contributed by atoms with Crippen molar-refractivity contribution in [2.75, 3.05) is 0 Å². The molecule has 0 aromatic carbocycles. The minimum Gasteiger partial charge on any atom is -0.307 e. The SMILES string of the molecule is CCCc1nc2c(c(C3CC3)n1)CNC2. The van der Waals surface area contributed by atoms with Crippen molar-refractivity contribution in [1.82, 2.24) is 15.3 Å². The quantitative estimate of drug-likeness (QED) is 0.815. The number of rotatable bonds is 3. The molecule has 0 radical (unpaired) electrons. The Hall–Kier alpha value is -0.960. The van der Waals surface area contributed by atoms with Crippen molar-refractivity contribution in [3.63, 3.8) is 0 Å². The third kappa shape index (κ3) is 1.65. The van der Waals surface area contributed by atoms with Crippen LogP contribution in [0, 0.1) is 0 Å². The van der Waals surface area contributed by atoms with Gasteiger partial charge in [-0.3, -0.25) is 0 Å². The second kappa shape index (κ2) is 3.56. The van der Waals surface area contributed by atoms with E-state index in [9.17, 15) is 0 Å². The summed E-state index contributed by atoms with van der Waals surface area (Å²) >= 11 is 0. The van der Waals surface area contributed by atoms with E-state index in [4.69, 9.17) is 4.98 Å². The summed E-state index contributed by atoms with van der Waals surface area (Å²) in [5.41, 5.74) is 4.01. The van der Waals surface area contributed by atoms with E-state index in [1.54, 1.807) is 0 Å². The molecular weight excluding hydrogens is 186 g/mol. The highest BCUT2D eigenvalue weighted by molar-refractivity contribution is 5.33. The third-order valence-corrected chi connectivity index (χ3v) is 3.20. The molecule has 15 heavy (non-hydrogen) atoms. The molecule has 0 unspecified atom stereocenters. The molecule has 0 bridgehead atoms. The van der Waals surface area contributed by atoms with E-state index < -0.39 is 0 Å². The van der Waals surface area contributed by atoms with Gasteiger partial charge in [-0.15, -0.1) is 0 Å². The van der Waals surface area contributed by atoms with E-state index >= 15 is 0 Å². The molecule has 0 spiro atoms. The predicted molar refractivity (Wildman–Crippen MR) is 58.5 cm³/mol. The summed E-state index contributed by atoms with van der Waals surface area (Å²) < 4.78 is 0. The Balaban J connectivity index is 2.02. The summed E-state index contributed by atoms with van der Waals surface area (Å²) in [7, 11) is 0. The predicted octanol–water partition coefficient (Wildman–Crippen LogP) is 1.91. The number of nitrogens with zero attached hydrogens (tertiary/aromatic N) is 2. The zero-order valence-corrected chi connectivity index (χ0v) is 9.21. The molecule has 1 aromatic rings. The molecule has 0 atom stereocenters. The minimum absolute atomic E-state index is 0.747. The first-order valence-corrected chi connectivity index (χ1v) is 5.97. The van der Waals surface area contributed by atoms with Crippen LogP contribution in [0.1, 0.15) is 54.9 Å². The molecule has 80 valence electrons. The van der Waals surface area contributed by atoms with Gasteiger partial charge in [0.15, 0.2) is 0 Å². The number of fused-ring (bicyclic) bond motifs is 1. The van der Waals surface area contributed by atoms with Crippen LogP contribution >= 0.6 is 0 Å². The molecule has 2 heterocycles. The maximum absolute atomic E-state index is 4.74. The van der Waals surface area contributed by atoms with Crippen LogP contribution in [0.2, 0.25) is 0 Å². The summed E-state index contributed by atoms with van der Waals surface area (Å²) in [5.74, 6) is 1.80. The van der Waals surface area contributed by atoms with Gasteiger partial charge in [0.25, 0.3) is 0 Å². The number of nitrogens with one attached hydrogen (secondary N) is 1. The molecular formula is C12H17N3. The van der Waals surface area contributed by atoms with Gasteiger partial charge in [-0.25, -0.2) is 9.97 Å². The molecule has 3 heteroatoms. The van der Waals surface area contributed by atoms with Gasteiger partial charge in [0.05, 0.1) is 11.4 Å². The van der Waals surface area contributed by atoms with Crippen LogP contribution in [-0.2, 0) is 19.5 Å². The standard InChI is InChI=1S/C12H17N3/c1-2-3-11-14-10-7-13-6-9(10)12(15-11)8-4-5-8/h8,13H,2-7H2,1H3.